The van der Waals surface area contributed by atoms with E-state index >= 15 is 0 Å². The zero-order chi connectivity index (χ0) is 19.3. The molecule has 2 saturated heterocycles. The van der Waals surface area contributed by atoms with Gasteiger partial charge >= 0.3 is 0 Å². The predicted molar refractivity (Wildman–Crippen MR) is 108 cm³/mol. The van der Waals surface area contributed by atoms with E-state index in [9.17, 15) is 9.59 Å². The highest BCUT2D eigenvalue weighted by Crippen LogP contribution is 2.26. The van der Waals surface area contributed by atoms with Crippen LogP contribution in [0.1, 0.15) is 48.9 Å². The fourth-order valence-corrected chi connectivity index (χ4v) is 4.06. The van der Waals surface area contributed by atoms with E-state index in [0.29, 0.717) is 25.1 Å². The Labute approximate surface area is 165 Å². The van der Waals surface area contributed by atoms with Gasteiger partial charge in [-0.25, -0.2) is 9.97 Å². The summed E-state index contributed by atoms with van der Waals surface area (Å²) in [6, 6.07) is 5.61. The first-order valence-electron chi connectivity index (χ1n) is 10.3. The molecule has 2 fully saturated rings. The maximum absolute atomic E-state index is 12.6. The van der Waals surface area contributed by atoms with E-state index in [4.69, 9.17) is 0 Å². The van der Waals surface area contributed by atoms with Gasteiger partial charge in [0.1, 0.15) is 12.1 Å². The van der Waals surface area contributed by atoms with Gasteiger partial charge in [0, 0.05) is 50.1 Å². The van der Waals surface area contributed by atoms with Crippen LogP contribution in [0, 0.1) is 0 Å². The number of hydrogen-bond acceptors (Lipinski definition) is 5. The van der Waals surface area contributed by atoms with E-state index in [1.54, 1.807) is 6.33 Å². The van der Waals surface area contributed by atoms with Gasteiger partial charge in [0.2, 0.25) is 5.91 Å². The van der Waals surface area contributed by atoms with Crippen LogP contribution in [0.5, 0.6) is 0 Å². The van der Waals surface area contributed by atoms with E-state index in [1.807, 2.05) is 23.1 Å². The molecule has 28 heavy (non-hydrogen) atoms. The molecule has 1 aromatic carbocycles. The van der Waals surface area contributed by atoms with Gasteiger partial charge < -0.3 is 15.1 Å². The summed E-state index contributed by atoms with van der Waals surface area (Å²) in [6.07, 6.45) is 7.58. The highest BCUT2D eigenvalue weighted by Gasteiger charge is 2.19. The third-order valence-electron chi connectivity index (χ3n) is 5.59. The molecule has 7 nitrogen and oxygen atoms in total. The molecule has 0 spiro atoms. The van der Waals surface area contributed by atoms with Crippen LogP contribution in [0.25, 0.3) is 10.9 Å². The van der Waals surface area contributed by atoms with Gasteiger partial charge in [-0.15, -0.1) is 0 Å². The minimum absolute atomic E-state index is 0.0944. The summed E-state index contributed by atoms with van der Waals surface area (Å²) in [7, 11) is 0. The molecule has 1 N–H and O–H groups in total. The molecule has 0 saturated carbocycles. The predicted octanol–water partition coefficient (Wildman–Crippen LogP) is 2.36. The summed E-state index contributed by atoms with van der Waals surface area (Å²) in [5, 5.41) is 3.90. The highest BCUT2D eigenvalue weighted by atomic mass is 16.2. The van der Waals surface area contributed by atoms with Gasteiger partial charge in [-0.3, -0.25) is 9.59 Å². The number of rotatable bonds is 6. The number of piperidine rings is 1. The van der Waals surface area contributed by atoms with Crippen LogP contribution >= 0.6 is 0 Å². The van der Waals surface area contributed by atoms with E-state index in [-0.39, 0.29) is 11.8 Å². The van der Waals surface area contributed by atoms with Crippen LogP contribution < -0.4 is 10.2 Å². The molecule has 1 aromatic heterocycles. The van der Waals surface area contributed by atoms with E-state index in [1.165, 1.54) is 19.3 Å². The number of benzene rings is 1. The van der Waals surface area contributed by atoms with Gasteiger partial charge in [0.25, 0.3) is 5.91 Å². The van der Waals surface area contributed by atoms with Gasteiger partial charge in [0.15, 0.2) is 0 Å². The molecule has 3 heterocycles. The molecular weight excluding hydrogens is 354 g/mol. The van der Waals surface area contributed by atoms with Gasteiger partial charge in [-0.1, -0.05) is 0 Å². The van der Waals surface area contributed by atoms with Crippen molar-refractivity contribution in [2.75, 3.05) is 37.6 Å². The molecule has 0 radical (unpaired) electrons. The summed E-state index contributed by atoms with van der Waals surface area (Å²) < 4.78 is 0. The second-order valence-corrected chi connectivity index (χ2v) is 7.57. The molecule has 0 atom stereocenters. The van der Waals surface area contributed by atoms with Gasteiger partial charge in [-0.05, 0) is 50.3 Å². The third kappa shape index (κ3) is 4.08. The number of carbonyl (C=O) groups is 2. The number of amides is 2. The maximum Gasteiger partial charge on any atom is 0.251 e. The van der Waals surface area contributed by atoms with Crippen molar-refractivity contribution in [3.8, 4) is 0 Å². The number of carbonyl (C=O) groups excluding carboxylic acids is 2. The Morgan fingerprint density at radius 1 is 1.07 bits per heavy atom. The molecule has 7 heteroatoms. The smallest absolute Gasteiger partial charge is 0.251 e. The standard InChI is InChI=1S/C21H27N5O2/c27-19-6-4-12-25(19)13-5-9-22-21(28)16-7-8-18-17(14-16)20(24-15-23-18)26-10-2-1-3-11-26/h7-8,14-15H,1-6,9-13H2,(H,22,28). The molecule has 2 amide bonds. The first-order chi connectivity index (χ1) is 13.7. The molecule has 4 rings (SSSR count). The second kappa shape index (κ2) is 8.54. The molecule has 2 aliphatic heterocycles. The van der Waals surface area contributed by atoms with E-state index < -0.39 is 0 Å². The lowest BCUT2D eigenvalue weighted by atomic mass is 10.1. The van der Waals surface area contributed by atoms with Gasteiger partial charge in [-0.2, -0.15) is 0 Å². The van der Waals surface area contributed by atoms with Crippen molar-refractivity contribution >= 4 is 28.5 Å². The first-order valence-corrected chi connectivity index (χ1v) is 10.3. The minimum Gasteiger partial charge on any atom is -0.356 e. The van der Waals surface area contributed by atoms with Crippen molar-refractivity contribution in [1.29, 1.82) is 0 Å². The Bertz CT molecular complexity index is 863. The van der Waals surface area contributed by atoms with Crippen molar-refractivity contribution in [3.63, 3.8) is 0 Å². The number of hydrogen-bond donors (Lipinski definition) is 1. The van der Waals surface area contributed by atoms with E-state index in [2.05, 4.69) is 20.2 Å². The molecule has 148 valence electrons. The third-order valence-corrected chi connectivity index (χ3v) is 5.59. The lowest BCUT2D eigenvalue weighted by Gasteiger charge is -2.28. The first kappa shape index (κ1) is 18.7. The quantitative estimate of drug-likeness (QED) is 0.777. The Kier molecular flexibility index (Phi) is 5.69. The monoisotopic (exact) mass is 381 g/mol. The topological polar surface area (TPSA) is 78.4 Å². The molecule has 2 aromatic rings. The lowest BCUT2D eigenvalue weighted by Crippen LogP contribution is -2.31. The zero-order valence-electron chi connectivity index (χ0n) is 16.2. The number of anilines is 1. The Morgan fingerprint density at radius 3 is 2.71 bits per heavy atom. The minimum atomic E-state index is -0.0944. The fourth-order valence-electron chi connectivity index (χ4n) is 4.06. The van der Waals surface area contributed by atoms with Crippen LogP contribution in [0.2, 0.25) is 0 Å². The summed E-state index contributed by atoms with van der Waals surface area (Å²) in [6.45, 7) is 4.11. The van der Waals surface area contributed by atoms with Crippen molar-refractivity contribution in [2.24, 2.45) is 0 Å². The Balaban J connectivity index is 1.41. The molecule has 0 unspecified atom stereocenters. The SMILES string of the molecule is O=C(NCCCN1CCCC1=O)c1ccc2ncnc(N3CCCCC3)c2c1. The summed E-state index contributed by atoms with van der Waals surface area (Å²) >= 11 is 0. The molecule has 0 aliphatic carbocycles. The fraction of sp³-hybridized carbons (Fsp3) is 0.524. The van der Waals surface area contributed by atoms with Crippen molar-refractivity contribution in [3.05, 3.63) is 30.1 Å². The van der Waals surface area contributed by atoms with Crippen molar-refractivity contribution < 1.29 is 9.59 Å². The Morgan fingerprint density at radius 2 is 1.93 bits per heavy atom. The summed E-state index contributed by atoms with van der Waals surface area (Å²) in [4.78, 5) is 37.3. The molecule has 0 bridgehead atoms. The van der Waals surface area contributed by atoms with Crippen molar-refractivity contribution in [1.82, 2.24) is 20.2 Å². The van der Waals surface area contributed by atoms with Crippen LogP contribution in [0.4, 0.5) is 5.82 Å². The van der Waals surface area contributed by atoms with Crippen LogP contribution in [0.3, 0.4) is 0 Å². The number of likely N-dealkylation sites (tertiary alicyclic amines) is 1. The largest absolute Gasteiger partial charge is 0.356 e. The molecule has 2 aliphatic rings. The normalized spacial score (nSPS) is 17.4. The van der Waals surface area contributed by atoms with E-state index in [0.717, 1.165) is 49.2 Å². The van der Waals surface area contributed by atoms with Crippen molar-refractivity contribution in [2.45, 2.75) is 38.5 Å². The average Bonchev–Trinajstić information content (AvgIpc) is 3.15. The maximum atomic E-state index is 12.6. The summed E-state index contributed by atoms with van der Waals surface area (Å²) in [5.41, 5.74) is 1.48. The zero-order valence-corrected chi connectivity index (χ0v) is 16.2. The number of nitrogens with zero attached hydrogens (tertiary/aromatic N) is 4. The molecular formula is C21H27N5O2. The second-order valence-electron chi connectivity index (χ2n) is 7.57. The van der Waals surface area contributed by atoms with Crippen LogP contribution in [-0.4, -0.2) is 59.4 Å². The number of aromatic nitrogens is 2. The average molecular weight is 381 g/mol. The number of nitrogens with one attached hydrogen (secondary N) is 1. The summed E-state index contributed by atoms with van der Waals surface area (Å²) in [5.74, 6) is 1.06. The lowest BCUT2D eigenvalue weighted by molar-refractivity contribution is -0.127. The van der Waals surface area contributed by atoms with Gasteiger partial charge in [0.05, 0.1) is 5.52 Å². The number of fused-ring (bicyclic) bond motifs is 1. The Hall–Kier alpha value is -2.70. The van der Waals surface area contributed by atoms with Crippen LogP contribution in [-0.2, 0) is 4.79 Å². The van der Waals surface area contributed by atoms with Crippen LogP contribution in [0.15, 0.2) is 24.5 Å². The highest BCUT2D eigenvalue weighted by molar-refractivity contribution is 6.00.